The van der Waals surface area contributed by atoms with Gasteiger partial charge in [0.2, 0.25) is 0 Å². The van der Waals surface area contributed by atoms with Gasteiger partial charge in [0, 0.05) is 19.2 Å². The summed E-state index contributed by atoms with van der Waals surface area (Å²) >= 11 is 0. The Morgan fingerprint density at radius 3 is 2.12 bits per heavy atom. The minimum Gasteiger partial charge on any atom is -0.382 e. The molecule has 2 N–H and O–H groups in total. The fraction of sp³-hybridized carbons (Fsp3) is 0.400. The highest BCUT2D eigenvalue weighted by molar-refractivity contribution is 5.17. The Bertz CT molecular complexity index is 359. The molecule has 1 atom stereocenters. The lowest BCUT2D eigenvalue weighted by atomic mass is 10.2. The number of rotatable bonds is 4. The summed E-state index contributed by atoms with van der Waals surface area (Å²) in [7, 11) is 0. The molecule has 0 radical (unpaired) electrons. The number of nitrogens with one attached hydrogen (secondary N) is 1. The van der Waals surface area contributed by atoms with Gasteiger partial charge in [0.25, 0.3) is 0 Å². The third-order valence-electron chi connectivity index (χ3n) is 1.97. The van der Waals surface area contributed by atoms with Crippen molar-refractivity contribution in [3.8, 4) is 0 Å². The fourth-order valence-electron chi connectivity index (χ4n) is 1.18. The summed E-state index contributed by atoms with van der Waals surface area (Å²) in [6, 6.07) is 2.65. The van der Waals surface area contributed by atoms with Crippen LogP contribution < -0.4 is 5.32 Å². The van der Waals surface area contributed by atoms with Crippen LogP contribution in [-0.4, -0.2) is 23.9 Å². The Kier molecular flexibility index (Phi) is 4.41. The molecule has 0 spiro atoms. The zero-order valence-electron chi connectivity index (χ0n) is 8.56. The molecule has 0 fully saturated rings. The first-order valence-electron chi connectivity index (χ1n) is 4.69. The van der Waals surface area contributed by atoms with Crippen molar-refractivity contribution in [1.29, 1.82) is 0 Å². The van der Waals surface area contributed by atoms with Crippen molar-refractivity contribution in [2.75, 3.05) is 6.54 Å². The summed E-state index contributed by atoms with van der Waals surface area (Å²) in [5.74, 6) is -1.61. The van der Waals surface area contributed by atoms with Crippen molar-refractivity contribution in [3.63, 3.8) is 0 Å². The van der Waals surface area contributed by atoms with E-state index in [2.05, 4.69) is 5.32 Å². The minimum absolute atomic E-state index is 0.164. The topological polar surface area (TPSA) is 32.3 Å². The van der Waals surface area contributed by atoms with Crippen molar-refractivity contribution in [1.82, 2.24) is 5.32 Å². The van der Waals surface area contributed by atoms with Crippen LogP contribution in [0.4, 0.5) is 22.0 Å². The van der Waals surface area contributed by atoms with E-state index in [-0.39, 0.29) is 12.1 Å². The highest BCUT2D eigenvalue weighted by Gasteiger charge is 2.37. The van der Waals surface area contributed by atoms with Crippen LogP contribution in [-0.2, 0) is 6.54 Å². The van der Waals surface area contributed by atoms with Crippen molar-refractivity contribution >= 4 is 0 Å². The van der Waals surface area contributed by atoms with E-state index < -0.39 is 30.5 Å². The van der Waals surface area contributed by atoms with Crippen LogP contribution in [0, 0.1) is 11.6 Å². The van der Waals surface area contributed by atoms with Crippen LogP contribution in [0.3, 0.4) is 0 Å². The van der Waals surface area contributed by atoms with Gasteiger partial charge < -0.3 is 10.4 Å². The maximum atomic E-state index is 12.7. The summed E-state index contributed by atoms with van der Waals surface area (Å²) in [4.78, 5) is 0. The third-order valence-corrected chi connectivity index (χ3v) is 1.97. The summed E-state index contributed by atoms with van der Waals surface area (Å²) < 4.78 is 61.1. The second-order valence-electron chi connectivity index (χ2n) is 3.47. The van der Waals surface area contributed by atoms with Crippen molar-refractivity contribution in [2.24, 2.45) is 0 Å². The zero-order chi connectivity index (χ0) is 13.1. The van der Waals surface area contributed by atoms with Crippen LogP contribution in [0.1, 0.15) is 5.56 Å². The standard InChI is InChI=1S/C10H10F5NO/c11-7-1-6(2-8(12)3-7)4-16-5-9(17)10(13,14)15/h1-3,9,16-17H,4-5H2. The first-order valence-corrected chi connectivity index (χ1v) is 4.69. The monoisotopic (exact) mass is 255 g/mol. The van der Waals surface area contributed by atoms with Gasteiger partial charge in [0.1, 0.15) is 11.6 Å². The molecule has 0 heterocycles. The van der Waals surface area contributed by atoms with Crippen LogP contribution in [0.15, 0.2) is 18.2 Å². The number of aliphatic hydroxyl groups is 1. The quantitative estimate of drug-likeness (QED) is 0.806. The van der Waals surface area contributed by atoms with Gasteiger partial charge in [-0.15, -0.1) is 0 Å². The van der Waals surface area contributed by atoms with Crippen LogP contribution in [0.2, 0.25) is 0 Å². The van der Waals surface area contributed by atoms with E-state index in [4.69, 9.17) is 5.11 Å². The molecule has 0 saturated carbocycles. The molecule has 0 aliphatic carbocycles. The normalized spacial score (nSPS) is 13.8. The Labute approximate surface area is 94.1 Å². The van der Waals surface area contributed by atoms with E-state index in [0.717, 1.165) is 12.1 Å². The highest BCUT2D eigenvalue weighted by atomic mass is 19.4. The number of hydrogen-bond donors (Lipinski definition) is 2. The number of halogens is 5. The molecule has 0 saturated heterocycles. The first kappa shape index (κ1) is 13.9. The Morgan fingerprint density at radius 2 is 1.65 bits per heavy atom. The predicted octanol–water partition coefficient (Wildman–Crippen LogP) is 1.98. The second kappa shape index (κ2) is 5.42. The molecule has 7 heteroatoms. The van der Waals surface area contributed by atoms with E-state index >= 15 is 0 Å². The molecule has 0 aromatic heterocycles. The van der Waals surface area contributed by atoms with Gasteiger partial charge in [-0.1, -0.05) is 0 Å². The van der Waals surface area contributed by atoms with Gasteiger partial charge >= 0.3 is 6.18 Å². The predicted molar refractivity (Wildman–Crippen MR) is 50.1 cm³/mol. The molecule has 96 valence electrons. The van der Waals surface area contributed by atoms with Gasteiger partial charge in [-0.3, -0.25) is 0 Å². The summed E-state index contributed by atoms with van der Waals surface area (Å²) in [6.07, 6.45) is -7.21. The zero-order valence-corrected chi connectivity index (χ0v) is 8.56. The number of aliphatic hydroxyl groups excluding tert-OH is 1. The van der Waals surface area contributed by atoms with Gasteiger partial charge in [0.05, 0.1) is 0 Å². The Morgan fingerprint density at radius 1 is 1.12 bits per heavy atom. The van der Waals surface area contributed by atoms with E-state index in [9.17, 15) is 22.0 Å². The first-order chi connectivity index (χ1) is 7.79. The minimum atomic E-state index is -4.71. The SMILES string of the molecule is OC(CNCc1cc(F)cc(F)c1)C(F)(F)F. The molecule has 1 aromatic rings. The van der Waals surface area contributed by atoms with Gasteiger partial charge in [-0.25, -0.2) is 8.78 Å². The highest BCUT2D eigenvalue weighted by Crippen LogP contribution is 2.19. The lowest BCUT2D eigenvalue weighted by Gasteiger charge is -2.15. The summed E-state index contributed by atoms with van der Waals surface area (Å²) in [5, 5.41) is 10.9. The van der Waals surface area contributed by atoms with E-state index in [0.29, 0.717) is 6.07 Å². The van der Waals surface area contributed by atoms with Crippen LogP contribution >= 0.6 is 0 Å². The van der Waals surface area contributed by atoms with Crippen molar-refractivity contribution < 1.29 is 27.1 Å². The molecule has 17 heavy (non-hydrogen) atoms. The van der Waals surface area contributed by atoms with Gasteiger partial charge in [0.15, 0.2) is 6.10 Å². The van der Waals surface area contributed by atoms with Gasteiger partial charge in [-0.2, -0.15) is 13.2 Å². The largest absolute Gasteiger partial charge is 0.415 e. The molecular formula is C10H10F5NO. The van der Waals surface area contributed by atoms with Crippen molar-refractivity contribution in [2.45, 2.75) is 18.8 Å². The average Bonchev–Trinajstić information content (AvgIpc) is 2.14. The lowest BCUT2D eigenvalue weighted by molar-refractivity contribution is -0.201. The molecule has 2 nitrogen and oxygen atoms in total. The number of hydrogen-bond acceptors (Lipinski definition) is 2. The Balaban J connectivity index is 2.46. The molecule has 0 aliphatic rings. The molecule has 0 amide bonds. The lowest BCUT2D eigenvalue weighted by Crippen LogP contribution is -2.38. The van der Waals surface area contributed by atoms with Crippen LogP contribution in [0.25, 0.3) is 0 Å². The summed E-state index contributed by atoms with van der Waals surface area (Å²) in [6.45, 7) is -0.899. The third kappa shape index (κ3) is 4.66. The van der Waals surface area contributed by atoms with E-state index in [1.54, 1.807) is 0 Å². The fourth-order valence-corrected chi connectivity index (χ4v) is 1.18. The second-order valence-corrected chi connectivity index (χ2v) is 3.47. The number of benzene rings is 1. The maximum absolute atomic E-state index is 12.7. The average molecular weight is 255 g/mol. The molecule has 1 rings (SSSR count). The van der Waals surface area contributed by atoms with E-state index in [1.807, 2.05) is 0 Å². The molecule has 0 bridgehead atoms. The summed E-state index contributed by atoms with van der Waals surface area (Å²) in [5.41, 5.74) is 0.164. The van der Waals surface area contributed by atoms with Gasteiger partial charge in [-0.05, 0) is 17.7 Å². The molecule has 1 aromatic carbocycles. The van der Waals surface area contributed by atoms with Crippen LogP contribution in [0.5, 0.6) is 0 Å². The molecular weight excluding hydrogens is 245 g/mol. The van der Waals surface area contributed by atoms with E-state index in [1.165, 1.54) is 0 Å². The number of alkyl halides is 3. The molecule has 0 aliphatic heterocycles. The van der Waals surface area contributed by atoms with Crippen molar-refractivity contribution in [3.05, 3.63) is 35.4 Å². The Hall–Kier alpha value is -1.21. The molecule has 1 unspecified atom stereocenters. The maximum Gasteiger partial charge on any atom is 0.415 e. The smallest absolute Gasteiger partial charge is 0.382 e.